The lowest BCUT2D eigenvalue weighted by Gasteiger charge is -2.17. The minimum Gasteiger partial charge on any atom is -0.384 e. The molecule has 0 aliphatic carbocycles. The van der Waals surface area contributed by atoms with Crippen molar-refractivity contribution in [1.29, 1.82) is 0 Å². The summed E-state index contributed by atoms with van der Waals surface area (Å²) in [6, 6.07) is 7.29. The number of halogens is 1. The molecule has 1 saturated heterocycles. The number of benzene rings is 1. The van der Waals surface area contributed by atoms with Crippen LogP contribution in [0.25, 0.3) is 0 Å². The Morgan fingerprint density at radius 3 is 2.73 bits per heavy atom. The van der Waals surface area contributed by atoms with E-state index < -0.39 is 0 Å². The third-order valence-corrected chi connectivity index (χ3v) is 4.34. The summed E-state index contributed by atoms with van der Waals surface area (Å²) in [7, 11) is 0. The van der Waals surface area contributed by atoms with E-state index in [-0.39, 0.29) is 42.1 Å². The number of hydrogen-bond donors (Lipinski definition) is 2. The van der Waals surface area contributed by atoms with Crippen LogP contribution in [0.3, 0.4) is 0 Å². The van der Waals surface area contributed by atoms with Gasteiger partial charge in [-0.05, 0) is 24.1 Å². The van der Waals surface area contributed by atoms with Gasteiger partial charge in [0, 0.05) is 38.4 Å². The second-order valence-corrected chi connectivity index (χ2v) is 6.36. The minimum absolute atomic E-state index is 0.00552. The summed E-state index contributed by atoms with van der Waals surface area (Å²) < 4.78 is 17.8. The summed E-state index contributed by atoms with van der Waals surface area (Å²) >= 11 is 0. The van der Waals surface area contributed by atoms with Crippen molar-refractivity contribution in [2.45, 2.75) is 31.7 Å². The molecule has 1 aliphatic rings. The number of aryl methyl sites for hydroxylation is 1. The first kappa shape index (κ1) is 17.9. The Morgan fingerprint density at radius 1 is 1.27 bits per heavy atom. The van der Waals surface area contributed by atoms with E-state index in [9.17, 15) is 18.8 Å². The molecule has 1 aromatic heterocycles. The molecule has 2 aromatic rings. The van der Waals surface area contributed by atoms with Gasteiger partial charge in [0.05, 0.1) is 6.04 Å². The number of aromatic amines is 1. The van der Waals surface area contributed by atoms with Crippen molar-refractivity contribution in [3.63, 3.8) is 0 Å². The molecule has 0 spiro atoms. The number of H-pyrrole nitrogens is 1. The molecule has 2 N–H and O–H groups in total. The second kappa shape index (κ2) is 7.99. The highest BCUT2D eigenvalue weighted by molar-refractivity contribution is 5.82. The first-order valence-electron chi connectivity index (χ1n) is 8.48. The summed E-state index contributed by atoms with van der Waals surface area (Å²) in [5, 5.41) is 5.01. The van der Waals surface area contributed by atoms with E-state index in [4.69, 9.17) is 4.52 Å². The quantitative estimate of drug-likeness (QED) is 0.769. The predicted molar refractivity (Wildman–Crippen MR) is 90.9 cm³/mol. The summed E-state index contributed by atoms with van der Waals surface area (Å²) in [6.07, 6.45) is 1.41. The van der Waals surface area contributed by atoms with E-state index in [0.717, 1.165) is 5.56 Å². The van der Waals surface area contributed by atoms with Crippen LogP contribution in [0.2, 0.25) is 0 Å². The topological polar surface area (TPSA) is 95.4 Å². The number of nitrogens with one attached hydrogen (secondary N) is 2. The zero-order valence-electron chi connectivity index (χ0n) is 14.2. The Balaban J connectivity index is 1.42. The Labute approximate surface area is 149 Å². The minimum atomic E-state index is -0.335. The van der Waals surface area contributed by atoms with Gasteiger partial charge in [-0.1, -0.05) is 12.1 Å². The summed E-state index contributed by atoms with van der Waals surface area (Å²) in [4.78, 5) is 36.7. The predicted octanol–water partition coefficient (Wildman–Crippen LogP) is 0.999. The fraction of sp³-hybridized carbons (Fsp3) is 0.389. The lowest BCUT2D eigenvalue weighted by atomic mass is 10.1. The normalized spacial score (nSPS) is 16.9. The molecule has 3 rings (SSSR count). The second-order valence-electron chi connectivity index (χ2n) is 6.36. The van der Waals surface area contributed by atoms with Crippen LogP contribution in [0.1, 0.15) is 24.2 Å². The number of amides is 2. The van der Waals surface area contributed by atoms with Crippen molar-refractivity contribution in [1.82, 2.24) is 15.4 Å². The number of carbonyl (C=O) groups excluding carboxylic acids is 2. The van der Waals surface area contributed by atoms with Crippen LogP contribution in [-0.2, 0) is 22.4 Å². The van der Waals surface area contributed by atoms with E-state index in [2.05, 4.69) is 10.5 Å². The number of carbonyl (C=O) groups is 2. The molecular weight excluding hydrogens is 341 g/mol. The van der Waals surface area contributed by atoms with E-state index in [1.165, 1.54) is 18.2 Å². The average Bonchev–Trinajstić information content (AvgIpc) is 3.18. The maximum atomic E-state index is 12.9. The molecule has 1 fully saturated rings. The highest BCUT2D eigenvalue weighted by Crippen LogP contribution is 2.13. The SMILES string of the molecule is O=C(CCc1cc(=O)[nH]o1)N[C@H]1CC(=O)N(CCc2ccc(F)cc2)C1. The molecule has 138 valence electrons. The Morgan fingerprint density at radius 2 is 2.04 bits per heavy atom. The highest BCUT2D eigenvalue weighted by atomic mass is 19.1. The fourth-order valence-electron chi connectivity index (χ4n) is 2.98. The third-order valence-electron chi connectivity index (χ3n) is 4.34. The Hall–Kier alpha value is -2.90. The summed E-state index contributed by atoms with van der Waals surface area (Å²) in [5.41, 5.74) is 0.623. The standard InChI is InChI=1S/C18H20FN3O4/c19-13-3-1-12(2-4-13)7-8-22-11-14(9-18(22)25)20-16(23)6-5-15-10-17(24)21-26-15/h1-4,10,14H,5-9,11H2,(H,20,23)(H,21,24)/t14-/m0/s1. The molecule has 0 unspecified atom stereocenters. The van der Waals surface area contributed by atoms with Crippen LogP contribution in [0.5, 0.6) is 0 Å². The lowest BCUT2D eigenvalue weighted by molar-refractivity contribution is -0.127. The molecule has 1 aromatic carbocycles. The first-order chi connectivity index (χ1) is 12.5. The van der Waals surface area contributed by atoms with Crippen LogP contribution in [0, 0.1) is 5.82 Å². The molecule has 2 amide bonds. The molecule has 1 atom stereocenters. The lowest BCUT2D eigenvalue weighted by Crippen LogP contribution is -2.37. The first-order valence-corrected chi connectivity index (χ1v) is 8.48. The van der Waals surface area contributed by atoms with Gasteiger partial charge < -0.3 is 14.7 Å². The molecular formula is C18H20FN3O4. The van der Waals surface area contributed by atoms with Crippen molar-refractivity contribution >= 4 is 11.8 Å². The highest BCUT2D eigenvalue weighted by Gasteiger charge is 2.30. The smallest absolute Gasteiger partial charge is 0.280 e. The molecule has 2 heterocycles. The molecule has 0 bridgehead atoms. The van der Waals surface area contributed by atoms with Gasteiger partial charge in [-0.25, -0.2) is 4.39 Å². The average molecular weight is 361 g/mol. The summed E-state index contributed by atoms with van der Waals surface area (Å²) in [6.45, 7) is 0.996. The zero-order valence-corrected chi connectivity index (χ0v) is 14.2. The van der Waals surface area contributed by atoms with Crippen molar-refractivity contribution in [2.75, 3.05) is 13.1 Å². The molecule has 0 radical (unpaired) electrons. The number of likely N-dealkylation sites (tertiary alicyclic amines) is 1. The van der Waals surface area contributed by atoms with E-state index >= 15 is 0 Å². The maximum absolute atomic E-state index is 12.9. The van der Waals surface area contributed by atoms with Gasteiger partial charge in [0.1, 0.15) is 11.6 Å². The van der Waals surface area contributed by atoms with Gasteiger partial charge in [-0.15, -0.1) is 0 Å². The van der Waals surface area contributed by atoms with Crippen molar-refractivity contribution in [2.24, 2.45) is 0 Å². The number of aromatic nitrogens is 1. The van der Waals surface area contributed by atoms with E-state index in [0.29, 0.717) is 31.7 Å². The molecule has 8 heteroatoms. The maximum Gasteiger partial charge on any atom is 0.280 e. The Bertz CT molecular complexity index is 827. The van der Waals surface area contributed by atoms with Crippen LogP contribution < -0.4 is 10.9 Å². The molecule has 7 nitrogen and oxygen atoms in total. The molecule has 26 heavy (non-hydrogen) atoms. The number of nitrogens with zero attached hydrogens (tertiary/aromatic N) is 1. The van der Waals surface area contributed by atoms with Gasteiger partial charge >= 0.3 is 0 Å². The monoisotopic (exact) mass is 361 g/mol. The van der Waals surface area contributed by atoms with Crippen molar-refractivity contribution in [3.8, 4) is 0 Å². The molecule has 1 aliphatic heterocycles. The third kappa shape index (κ3) is 4.81. The molecule has 0 saturated carbocycles. The van der Waals surface area contributed by atoms with Gasteiger partial charge in [0.15, 0.2) is 0 Å². The van der Waals surface area contributed by atoms with Crippen LogP contribution in [0.15, 0.2) is 39.6 Å². The van der Waals surface area contributed by atoms with Crippen molar-refractivity contribution < 1.29 is 18.5 Å². The fourth-order valence-corrected chi connectivity index (χ4v) is 2.98. The number of hydrogen-bond acceptors (Lipinski definition) is 4. The van der Waals surface area contributed by atoms with Crippen molar-refractivity contribution in [3.05, 3.63) is 57.8 Å². The zero-order chi connectivity index (χ0) is 18.5. The largest absolute Gasteiger partial charge is 0.384 e. The van der Waals surface area contributed by atoms with Gasteiger partial charge in [-0.2, -0.15) is 5.16 Å². The van der Waals surface area contributed by atoms with Gasteiger partial charge in [0.2, 0.25) is 11.8 Å². The van der Waals surface area contributed by atoms with Crippen LogP contribution in [-0.4, -0.2) is 41.0 Å². The van der Waals surface area contributed by atoms with Gasteiger partial charge in [-0.3, -0.25) is 14.4 Å². The Kier molecular flexibility index (Phi) is 5.50. The van der Waals surface area contributed by atoms with E-state index in [1.807, 2.05) is 0 Å². The van der Waals surface area contributed by atoms with Crippen LogP contribution in [0.4, 0.5) is 4.39 Å². The van der Waals surface area contributed by atoms with Gasteiger partial charge in [0.25, 0.3) is 5.56 Å². The van der Waals surface area contributed by atoms with Crippen LogP contribution >= 0.6 is 0 Å². The number of rotatable bonds is 7. The van der Waals surface area contributed by atoms with E-state index in [1.54, 1.807) is 17.0 Å². The summed E-state index contributed by atoms with van der Waals surface area (Å²) in [5.74, 6) is -0.0534.